The molecule has 0 aromatic carbocycles. The van der Waals surface area contributed by atoms with E-state index in [0.29, 0.717) is 41.9 Å². The van der Waals surface area contributed by atoms with Crippen LogP contribution >= 0.6 is 11.3 Å². The van der Waals surface area contributed by atoms with Crippen molar-refractivity contribution in [3.8, 4) is 10.4 Å². The van der Waals surface area contributed by atoms with Gasteiger partial charge in [-0.05, 0) is 76.8 Å². The number of rotatable bonds is 7. The highest BCUT2D eigenvalue weighted by molar-refractivity contribution is 7.17. The molecule has 3 fully saturated rings. The van der Waals surface area contributed by atoms with Crippen LogP contribution in [-0.2, 0) is 0 Å². The molecule has 3 heterocycles. The van der Waals surface area contributed by atoms with E-state index >= 15 is 0 Å². The third kappa shape index (κ3) is 4.68. The van der Waals surface area contributed by atoms with Crippen LogP contribution in [0.25, 0.3) is 10.4 Å². The minimum absolute atomic E-state index is 0.0465. The van der Waals surface area contributed by atoms with Crippen LogP contribution in [0.4, 0.5) is 5.82 Å². The highest BCUT2D eigenvalue weighted by Crippen LogP contribution is 2.37. The first kappa shape index (κ1) is 23.2. The molecule has 0 spiro atoms. The standard InChI is InChI=1S/C25H33N5O3S/c1-13-9-20(27-15(3)16-6-7-16)26-12-19(13)22-21(25(33)30-8-4-5-14(30)2)29-24(34-22)23(32)28-17-10-18(31)11-17/h9,12,14-18,31H,4-8,10-11H2,1-3H3,(H,26,27)(H,28,32)/t14-,15+,17?,18?/m0/s1. The summed E-state index contributed by atoms with van der Waals surface area (Å²) in [6.07, 6.45) is 7.02. The molecule has 34 heavy (non-hydrogen) atoms. The number of pyridine rings is 1. The molecule has 2 aromatic heterocycles. The van der Waals surface area contributed by atoms with Gasteiger partial charge in [0.15, 0.2) is 5.01 Å². The number of hydrogen-bond donors (Lipinski definition) is 3. The topological polar surface area (TPSA) is 107 Å². The minimum atomic E-state index is -0.352. The van der Waals surface area contributed by atoms with Crippen molar-refractivity contribution in [2.24, 2.45) is 5.92 Å². The van der Waals surface area contributed by atoms with E-state index in [0.717, 1.165) is 29.8 Å². The molecule has 1 saturated heterocycles. The molecule has 3 N–H and O–H groups in total. The van der Waals surface area contributed by atoms with Gasteiger partial charge in [-0.2, -0.15) is 0 Å². The third-order valence-electron chi connectivity index (χ3n) is 7.35. The predicted molar refractivity (Wildman–Crippen MR) is 132 cm³/mol. The highest BCUT2D eigenvalue weighted by atomic mass is 32.1. The van der Waals surface area contributed by atoms with Gasteiger partial charge in [-0.15, -0.1) is 11.3 Å². The van der Waals surface area contributed by atoms with Crippen molar-refractivity contribution in [3.05, 3.63) is 28.5 Å². The van der Waals surface area contributed by atoms with Crippen molar-refractivity contribution in [1.82, 2.24) is 20.2 Å². The molecule has 1 aliphatic heterocycles. The molecule has 8 nitrogen and oxygen atoms in total. The van der Waals surface area contributed by atoms with Gasteiger partial charge in [0.05, 0.1) is 11.0 Å². The van der Waals surface area contributed by atoms with Crippen LogP contribution in [0, 0.1) is 12.8 Å². The first-order valence-electron chi connectivity index (χ1n) is 12.3. The molecule has 182 valence electrons. The zero-order valence-electron chi connectivity index (χ0n) is 20.0. The van der Waals surface area contributed by atoms with Crippen molar-refractivity contribution >= 4 is 29.0 Å². The molecule has 2 aliphatic carbocycles. The van der Waals surface area contributed by atoms with E-state index in [1.807, 2.05) is 17.9 Å². The molecule has 9 heteroatoms. The number of likely N-dealkylation sites (tertiary alicyclic amines) is 1. The Balaban J connectivity index is 1.45. The Morgan fingerprint density at radius 3 is 2.65 bits per heavy atom. The van der Waals surface area contributed by atoms with Gasteiger partial charge >= 0.3 is 0 Å². The minimum Gasteiger partial charge on any atom is -0.393 e. The van der Waals surface area contributed by atoms with Gasteiger partial charge < -0.3 is 20.6 Å². The fourth-order valence-electron chi connectivity index (χ4n) is 4.89. The van der Waals surface area contributed by atoms with Gasteiger partial charge in [0, 0.05) is 36.4 Å². The number of thiazole rings is 1. The van der Waals surface area contributed by atoms with E-state index in [4.69, 9.17) is 0 Å². The molecule has 5 rings (SSSR count). The van der Waals surface area contributed by atoms with E-state index in [9.17, 15) is 14.7 Å². The Kier molecular flexibility index (Phi) is 6.33. The summed E-state index contributed by atoms with van der Waals surface area (Å²) in [6.45, 7) is 6.95. The lowest BCUT2D eigenvalue weighted by atomic mass is 9.89. The van der Waals surface area contributed by atoms with Crippen LogP contribution in [0.1, 0.15) is 78.2 Å². The summed E-state index contributed by atoms with van der Waals surface area (Å²) < 4.78 is 0. The number of nitrogens with one attached hydrogen (secondary N) is 2. The molecule has 2 amide bonds. The second-order valence-corrected chi connectivity index (χ2v) is 11.1. The summed E-state index contributed by atoms with van der Waals surface area (Å²) in [5.74, 6) is 1.12. The van der Waals surface area contributed by atoms with E-state index in [-0.39, 0.29) is 35.0 Å². The van der Waals surface area contributed by atoms with Crippen LogP contribution in [-0.4, -0.2) is 62.6 Å². The fourth-order valence-corrected chi connectivity index (χ4v) is 5.92. The Morgan fingerprint density at radius 2 is 2.03 bits per heavy atom. The van der Waals surface area contributed by atoms with E-state index in [2.05, 4.69) is 34.4 Å². The lowest BCUT2D eigenvalue weighted by Crippen LogP contribution is -2.46. The number of carbonyl (C=O) groups excluding carboxylic acids is 2. The van der Waals surface area contributed by atoms with Crippen molar-refractivity contribution in [3.63, 3.8) is 0 Å². The monoisotopic (exact) mass is 483 g/mol. The number of aromatic nitrogens is 2. The van der Waals surface area contributed by atoms with E-state index < -0.39 is 0 Å². The second-order valence-electron chi connectivity index (χ2n) is 10.1. The Morgan fingerprint density at radius 1 is 1.26 bits per heavy atom. The average Bonchev–Trinajstić information content (AvgIpc) is 3.40. The molecule has 2 atom stereocenters. The zero-order chi connectivity index (χ0) is 24.0. The molecule has 3 aliphatic rings. The summed E-state index contributed by atoms with van der Waals surface area (Å²) in [5.41, 5.74) is 2.15. The number of amides is 2. The number of aliphatic hydroxyl groups is 1. The number of anilines is 1. The highest BCUT2D eigenvalue weighted by Gasteiger charge is 2.34. The van der Waals surface area contributed by atoms with Crippen LogP contribution < -0.4 is 10.6 Å². The van der Waals surface area contributed by atoms with E-state index in [1.54, 1.807) is 6.20 Å². The lowest BCUT2D eigenvalue weighted by Gasteiger charge is -2.31. The van der Waals surface area contributed by atoms with Gasteiger partial charge in [-0.3, -0.25) is 9.59 Å². The van der Waals surface area contributed by atoms with Crippen LogP contribution in [0.5, 0.6) is 0 Å². The van der Waals surface area contributed by atoms with Crippen LogP contribution in [0.3, 0.4) is 0 Å². The van der Waals surface area contributed by atoms with Crippen molar-refractivity contribution in [2.75, 3.05) is 11.9 Å². The van der Waals surface area contributed by atoms with Crippen LogP contribution in [0.15, 0.2) is 12.3 Å². The fraction of sp³-hybridized carbons (Fsp3) is 0.600. The van der Waals surface area contributed by atoms with Gasteiger partial charge in [-0.25, -0.2) is 9.97 Å². The van der Waals surface area contributed by atoms with Crippen molar-refractivity contribution < 1.29 is 14.7 Å². The molecule has 0 radical (unpaired) electrons. The van der Waals surface area contributed by atoms with Gasteiger partial charge in [0.25, 0.3) is 11.8 Å². The van der Waals surface area contributed by atoms with Gasteiger partial charge in [0.1, 0.15) is 11.5 Å². The molecule has 2 aromatic rings. The molecular formula is C25H33N5O3S. The molecule has 2 saturated carbocycles. The smallest absolute Gasteiger partial charge is 0.280 e. The Labute approximate surface area is 204 Å². The average molecular weight is 484 g/mol. The summed E-state index contributed by atoms with van der Waals surface area (Å²) in [6, 6.07) is 2.51. The van der Waals surface area contributed by atoms with E-state index in [1.165, 1.54) is 24.2 Å². The SMILES string of the molecule is Cc1cc(N[C@H](C)C2CC2)ncc1-c1sc(C(=O)NC2CC(O)C2)nc1C(=O)N1CCC[C@@H]1C. The lowest BCUT2D eigenvalue weighted by molar-refractivity contribution is 0.0562. The number of nitrogens with zero attached hydrogens (tertiary/aromatic N) is 3. The maximum Gasteiger partial charge on any atom is 0.280 e. The van der Waals surface area contributed by atoms with Crippen LogP contribution in [0.2, 0.25) is 0 Å². The summed E-state index contributed by atoms with van der Waals surface area (Å²) in [5, 5.41) is 16.2. The summed E-state index contributed by atoms with van der Waals surface area (Å²) in [7, 11) is 0. The Hall–Kier alpha value is -2.52. The zero-order valence-corrected chi connectivity index (χ0v) is 20.8. The van der Waals surface area contributed by atoms with Crippen molar-refractivity contribution in [1.29, 1.82) is 0 Å². The first-order valence-corrected chi connectivity index (χ1v) is 13.2. The predicted octanol–water partition coefficient (Wildman–Crippen LogP) is 3.60. The molecule has 0 unspecified atom stereocenters. The first-order chi connectivity index (χ1) is 16.3. The Bertz CT molecular complexity index is 1090. The third-order valence-corrected chi connectivity index (χ3v) is 8.43. The maximum absolute atomic E-state index is 13.5. The number of aryl methyl sites for hydroxylation is 1. The maximum atomic E-state index is 13.5. The number of carbonyl (C=O) groups is 2. The largest absolute Gasteiger partial charge is 0.393 e. The quantitative estimate of drug-likeness (QED) is 0.555. The van der Waals surface area contributed by atoms with Gasteiger partial charge in [-0.1, -0.05) is 0 Å². The second kappa shape index (κ2) is 9.26. The number of hydrogen-bond acceptors (Lipinski definition) is 7. The van der Waals surface area contributed by atoms with Gasteiger partial charge in [0.2, 0.25) is 0 Å². The molecule has 0 bridgehead atoms. The normalized spacial score (nSPS) is 25.1. The molecular weight excluding hydrogens is 450 g/mol. The summed E-state index contributed by atoms with van der Waals surface area (Å²) in [4.78, 5) is 38.1. The number of aliphatic hydroxyl groups excluding tert-OH is 1. The summed E-state index contributed by atoms with van der Waals surface area (Å²) >= 11 is 1.24. The van der Waals surface area contributed by atoms with Crippen molar-refractivity contribution in [2.45, 2.75) is 83.5 Å².